The standard InChI is InChI=1S/C10H14N2O2/c1-13-8-5-6-9(11)12-10(8)14-7-3-2-4-7/h5-7H,2-4H2,1H3,(H2,11,12). The second-order valence-corrected chi connectivity index (χ2v) is 3.41. The summed E-state index contributed by atoms with van der Waals surface area (Å²) in [6, 6.07) is 3.47. The molecule has 0 unspecified atom stereocenters. The number of hydrogen-bond acceptors (Lipinski definition) is 4. The largest absolute Gasteiger partial charge is 0.491 e. The summed E-state index contributed by atoms with van der Waals surface area (Å²) >= 11 is 0. The molecule has 1 aliphatic carbocycles. The van der Waals surface area contributed by atoms with E-state index in [0.717, 1.165) is 12.8 Å². The molecule has 2 N–H and O–H groups in total. The predicted molar refractivity (Wildman–Crippen MR) is 53.5 cm³/mol. The quantitative estimate of drug-likeness (QED) is 0.794. The lowest BCUT2D eigenvalue weighted by Crippen LogP contribution is -2.25. The maximum atomic E-state index is 5.64. The summed E-state index contributed by atoms with van der Waals surface area (Å²) in [7, 11) is 1.60. The molecule has 0 atom stereocenters. The van der Waals surface area contributed by atoms with Crippen LogP contribution in [-0.4, -0.2) is 18.2 Å². The predicted octanol–water partition coefficient (Wildman–Crippen LogP) is 1.60. The van der Waals surface area contributed by atoms with Crippen molar-refractivity contribution in [1.82, 2.24) is 4.98 Å². The van der Waals surface area contributed by atoms with Crippen LogP contribution in [0.4, 0.5) is 5.82 Å². The number of ether oxygens (including phenoxy) is 2. The summed E-state index contributed by atoms with van der Waals surface area (Å²) in [5, 5.41) is 0. The van der Waals surface area contributed by atoms with E-state index in [1.165, 1.54) is 6.42 Å². The van der Waals surface area contributed by atoms with Gasteiger partial charge in [0.2, 0.25) is 0 Å². The van der Waals surface area contributed by atoms with Gasteiger partial charge in [-0.2, -0.15) is 4.98 Å². The highest BCUT2D eigenvalue weighted by Gasteiger charge is 2.21. The molecule has 0 bridgehead atoms. The first-order valence-electron chi connectivity index (χ1n) is 4.77. The summed E-state index contributed by atoms with van der Waals surface area (Å²) in [5.41, 5.74) is 5.57. The number of anilines is 1. The van der Waals surface area contributed by atoms with E-state index in [2.05, 4.69) is 4.98 Å². The monoisotopic (exact) mass is 194 g/mol. The molecule has 1 saturated carbocycles. The van der Waals surface area contributed by atoms with Gasteiger partial charge in [-0.1, -0.05) is 0 Å². The molecule has 4 heteroatoms. The molecular weight excluding hydrogens is 180 g/mol. The summed E-state index contributed by atoms with van der Waals surface area (Å²) < 4.78 is 10.8. The molecule has 14 heavy (non-hydrogen) atoms. The first-order chi connectivity index (χ1) is 6.79. The van der Waals surface area contributed by atoms with Gasteiger partial charge in [0.1, 0.15) is 11.9 Å². The Kier molecular flexibility index (Phi) is 2.43. The first kappa shape index (κ1) is 9.12. The number of rotatable bonds is 3. The third kappa shape index (κ3) is 1.73. The molecule has 0 saturated heterocycles. The summed E-state index contributed by atoms with van der Waals surface area (Å²) in [5.74, 6) is 1.61. The van der Waals surface area contributed by atoms with Crippen LogP contribution in [0.25, 0.3) is 0 Å². The van der Waals surface area contributed by atoms with E-state index in [9.17, 15) is 0 Å². The highest BCUT2D eigenvalue weighted by atomic mass is 16.5. The smallest absolute Gasteiger partial charge is 0.259 e. The zero-order valence-corrected chi connectivity index (χ0v) is 8.19. The fourth-order valence-electron chi connectivity index (χ4n) is 1.33. The number of hydrogen-bond donors (Lipinski definition) is 1. The van der Waals surface area contributed by atoms with Gasteiger partial charge in [0.05, 0.1) is 7.11 Å². The Hall–Kier alpha value is -1.45. The van der Waals surface area contributed by atoms with Crippen molar-refractivity contribution in [3.8, 4) is 11.6 Å². The van der Waals surface area contributed by atoms with Crippen molar-refractivity contribution in [1.29, 1.82) is 0 Å². The van der Waals surface area contributed by atoms with Crippen molar-refractivity contribution < 1.29 is 9.47 Å². The second-order valence-electron chi connectivity index (χ2n) is 3.41. The molecular formula is C10H14N2O2. The van der Waals surface area contributed by atoms with E-state index in [0.29, 0.717) is 17.4 Å². The highest BCUT2D eigenvalue weighted by Crippen LogP contribution is 2.30. The number of nitrogens with zero attached hydrogens (tertiary/aromatic N) is 1. The molecule has 1 aromatic rings. The first-order valence-corrected chi connectivity index (χ1v) is 4.77. The lowest BCUT2D eigenvalue weighted by Gasteiger charge is -2.26. The SMILES string of the molecule is COc1ccc(N)nc1OC1CCC1. The zero-order valence-electron chi connectivity index (χ0n) is 8.19. The lowest BCUT2D eigenvalue weighted by atomic mass is 9.96. The van der Waals surface area contributed by atoms with Gasteiger partial charge in [0.25, 0.3) is 5.88 Å². The van der Waals surface area contributed by atoms with Crippen molar-refractivity contribution >= 4 is 5.82 Å². The van der Waals surface area contributed by atoms with Crippen LogP contribution in [0.5, 0.6) is 11.6 Å². The Balaban J connectivity index is 2.15. The lowest BCUT2D eigenvalue weighted by molar-refractivity contribution is 0.110. The average molecular weight is 194 g/mol. The molecule has 0 amide bonds. The Morgan fingerprint density at radius 3 is 2.79 bits per heavy atom. The Morgan fingerprint density at radius 2 is 2.21 bits per heavy atom. The van der Waals surface area contributed by atoms with Crippen molar-refractivity contribution in [2.45, 2.75) is 25.4 Å². The van der Waals surface area contributed by atoms with E-state index in [-0.39, 0.29) is 6.10 Å². The van der Waals surface area contributed by atoms with Crippen LogP contribution < -0.4 is 15.2 Å². The van der Waals surface area contributed by atoms with Crippen molar-refractivity contribution in [3.63, 3.8) is 0 Å². The average Bonchev–Trinajstić information content (AvgIpc) is 2.12. The van der Waals surface area contributed by atoms with Gasteiger partial charge in [-0.05, 0) is 31.4 Å². The molecule has 0 aromatic carbocycles. The van der Waals surface area contributed by atoms with E-state index >= 15 is 0 Å². The van der Waals surface area contributed by atoms with Gasteiger partial charge >= 0.3 is 0 Å². The van der Waals surface area contributed by atoms with Gasteiger partial charge in [0.15, 0.2) is 5.75 Å². The van der Waals surface area contributed by atoms with Crippen LogP contribution in [0.3, 0.4) is 0 Å². The van der Waals surface area contributed by atoms with Crippen molar-refractivity contribution in [3.05, 3.63) is 12.1 Å². The minimum atomic E-state index is 0.290. The van der Waals surface area contributed by atoms with Crippen molar-refractivity contribution in [2.24, 2.45) is 0 Å². The van der Waals surface area contributed by atoms with Crippen molar-refractivity contribution in [2.75, 3.05) is 12.8 Å². The number of methoxy groups -OCH3 is 1. The third-order valence-corrected chi connectivity index (χ3v) is 2.40. The van der Waals surface area contributed by atoms with Gasteiger partial charge < -0.3 is 15.2 Å². The van der Waals surface area contributed by atoms with Crippen LogP contribution >= 0.6 is 0 Å². The minimum absolute atomic E-state index is 0.290. The number of nitrogens with two attached hydrogens (primary N) is 1. The third-order valence-electron chi connectivity index (χ3n) is 2.40. The molecule has 1 aromatic heterocycles. The Labute approximate surface area is 83.0 Å². The number of nitrogen functional groups attached to an aromatic ring is 1. The van der Waals surface area contributed by atoms with Gasteiger partial charge in [-0.25, -0.2) is 0 Å². The minimum Gasteiger partial charge on any atom is -0.491 e. The van der Waals surface area contributed by atoms with Crippen LogP contribution in [0.1, 0.15) is 19.3 Å². The maximum absolute atomic E-state index is 5.64. The van der Waals surface area contributed by atoms with Gasteiger partial charge in [-0.3, -0.25) is 0 Å². The molecule has 0 spiro atoms. The molecule has 1 heterocycles. The molecule has 76 valence electrons. The summed E-state index contributed by atoms with van der Waals surface area (Å²) in [6.45, 7) is 0. The fourth-order valence-corrected chi connectivity index (χ4v) is 1.33. The van der Waals surface area contributed by atoms with Crippen LogP contribution in [0.2, 0.25) is 0 Å². The summed E-state index contributed by atoms with van der Waals surface area (Å²) in [6.07, 6.45) is 3.72. The Bertz CT molecular complexity index is 324. The van der Waals surface area contributed by atoms with E-state index in [4.69, 9.17) is 15.2 Å². The Morgan fingerprint density at radius 1 is 1.43 bits per heavy atom. The molecule has 1 aliphatic rings. The van der Waals surface area contributed by atoms with E-state index in [1.807, 2.05) is 0 Å². The zero-order chi connectivity index (χ0) is 9.97. The van der Waals surface area contributed by atoms with Gasteiger partial charge in [0, 0.05) is 0 Å². The van der Waals surface area contributed by atoms with Gasteiger partial charge in [-0.15, -0.1) is 0 Å². The topological polar surface area (TPSA) is 57.4 Å². The van der Waals surface area contributed by atoms with Crippen LogP contribution in [0.15, 0.2) is 12.1 Å². The highest BCUT2D eigenvalue weighted by molar-refractivity contribution is 5.42. The maximum Gasteiger partial charge on any atom is 0.259 e. The molecule has 2 rings (SSSR count). The molecule has 0 aliphatic heterocycles. The van der Waals surface area contributed by atoms with Crippen LogP contribution in [0, 0.1) is 0 Å². The number of aromatic nitrogens is 1. The van der Waals surface area contributed by atoms with E-state index in [1.54, 1.807) is 19.2 Å². The summed E-state index contributed by atoms with van der Waals surface area (Å²) in [4.78, 5) is 4.10. The number of pyridine rings is 1. The molecule has 0 radical (unpaired) electrons. The second kappa shape index (κ2) is 3.74. The van der Waals surface area contributed by atoms with E-state index < -0.39 is 0 Å². The molecule has 1 fully saturated rings. The normalized spacial score (nSPS) is 16.1. The molecule has 4 nitrogen and oxygen atoms in total. The fraction of sp³-hybridized carbons (Fsp3) is 0.500. The van der Waals surface area contributed by atoms with Crippen LogP contribution in [-0.2, 0) is 0 Å².